The Bertz CT molecular complexity index is 397. The van der Waals surface area contributed by atoms with E-state index >= 15 is 0 Å². The molecule has 13 heavy (non-hydrogen) atoms. The molecule has 0 atom stereocenters. The van der Waals surface area contributed by atoms with E-state index in [9.17, 15) is 9.59 Å². The molecule has 4 heteroatoms. The number of carbonyl (C=O) groups excluding carboxylic acids is 2. The Morgan fingerprint density at radius 3 is 2.69 bits per heavy atom. The van der Waals surface area contributed by atoms with Crippen molar-refractivity contribution in [3.05, 3.63) is 41.4 Å². The lowest BCUT2D eigenvalue weighted by Gasteiger charge is -1.89. The minimum Gasteiger partial charge on any atom is -0.515 e. The van der Waals surface area contributed by atoms with Gasteiger partial charge in [-0.2, -0.15) is 0 Å². The second kappa shape index (κ2) is 2.52. The molecule has 0 bridgehead atoms. The van der Waals surface area contributed by atoms with Crippen LogP contribution in [0.5, 0.6) is 0 Å². The van der Waals surface area contributed by atoms with Gasteiger partial charge in [-0.1, -0.05) is 0 Å². The zero-order valence-electron chi connectivity index (χ0n) is 6.52. The molecule has 1 heterocycles. The summed E-state index contributed by atoms with van der Waals surface area (Å²) < 4.78 is 0. The number of Topliss-reactive ketones (excluding diaryl/α,β-unsaturated/α-hetero) is 2. The fourth-order valence-corrected chi connectivity index (χ4v) is 1.26. The van der Waals surface area contributed by atoms with Crippen LogP contribution in [0.1, 0.15) is 20.8 Å². The van der Waals surface area contributed by atoms with Crippen molar-refractivity contribution in [3.8, 4) is 0 Å². The first-order chi connectivity index (χ1) is 6.25. The van der Waals surface area contributed by atoms with Gasteiger partial charge in [0, 0.05) is 6.20 Å². The minimum atomic E-state index is -0.511. The summed E-state index contributed by atoms with van der Waals surface area (Å²) in [6.45, 7) is 0. The summed E-state index contributed by atoms with van der Waals surface area (Å²) in [5, 5.41) is 8.65. The van der Waals surface area contributed by atoms with Gasteiger partial charge in [-0.3, -0.25) is 14.6 Å². The molecule has 0 aliphatic heterocycles. The third kappa shape index (κ3) is 0.885. The molecule has 1 aromatic rings. The molecule has 0 saturated heterocycles. The minimum absolute atomic E-state index is 0.118. The van der Waals surface area contributed by atoms with E-state index in [0.29, 0.717) is 6.26 Å². The van der Waals surface area contributed by atoms with Gasteiger partial charge in [-0.05, 0) is 12.1 Å². The number of aromatic nitrogens is 1. The number of allylic oxidation sites excluding steroid dienone is 1. The smallest absolute Gasteiger partial charge is 0.219 e. The third-order valence-corrected chi connectivity index (χ3v) is 1.89. The molecule has 1 N–H and O–H groups in total. The predicted molar refractivity (Wildman–Crippen MR) is 43.6 cm³/mol. The van der Waals surface area contributed by atoms with Gasteiger partial charge in [0.1, 0.15) is 11.3 Å². The Balaban J connectivity index is 2.71. The van der Waals surface area contributed by atoms with Crippen LogP contribution in [-0.2, 0) is 0 Å². The second-order valence-electron chi connectivity index (χ2n) is 2.60. The van der Waals surface area contributed by atoms with E-state index < -0.39 is 11.6 Å². The number of pyridine rings is 1. The van der Waals surface area contributed by atoms with Crippen LogP contribution in [0.15, 0.2) is 30.2 Å². The molecule has 0 aromatic carbocycles. The molecule has 64 valence electrons. The second-order valence-corrected chi connectivity index (χ2v) is 2.60. The number of ketones is 2. The van der Waals surface area contributed by atoms with Crippen molar-refractivity contribution in [2.75, 3.05) is 0 Å². The van der Waals surface area contributed by atoms with Crippen molar-refractivity contribution < 1.29 is 14.7 Å². The molecule has 1 aliphatic rings. The van der Waals surface area contributed by atoms with Crippen molar-refractivity contribution in [1.29, 1.82) is 0 Å². The average Bonchev–Trinajstić information content (AvgIpc) is 2.41. The standard InChI is InChI=1S/C9H5NO3/c11-4-6-8(12)5-2-1-3-10-7(5)9(6)13/h1-4,11H. The summed E-state index contributed by atoms with van der Waals surface area (Å²) in [7, 11) is 0. The van der Waals surface area contributed by atoms with Gasteiger partial charge in [0.15, 0.2) is 0 Å². The van der Waals surface area contributed by atoms with Crippen LogP contribution in [-0.4, -0.2) is 21.7 Å². The predicted octanol–water partition coefficient (Wildman–Crippen LogP) is 0.902. The van der Waals surface area contributed by atoms with Crippen molar-refractivity contribution in [2.24, 2.45) is 0 Å². The summed E-state index contributed by atoms with van der Waals surface area (Å²) >= 11 is 0. The van der Waals surface area contributed by atoms with E-state index in [4.69, 9.17) is 5.11 Å². The lowest BCUT2D eigenvalue weighted by atomic mass is 10.2. The highest BCUT2D eigenvalue weighted by Crippen LogP contribution is 2.23. The van der Waals surface area contributed by atoms with Crippen LogP contribution in [0.2, 0.25) is 0 Å². The first kappa shape index (κ1) is 7.67. The van der Waals surface area contributed by atoms with Gasteiger partial charge in [0.05, 0.1) is 11.8 Å². The van der Waals surface area contributed by atoms with Crippen LogP contribution < -0.4 is 0 Å². The Morgan fingerprint density at radius 1 is 1.31 bits per heavy atom. The van der Waals surface area contributed by atoms with E-state index in [1.807, 2.05) is 0 Å². The van der Waals surface area contributed by atoms with E-state index in [2.05, 4.69) is 4.98 Å². The molecule has 2 rings (SSSR count). The maximum absolute atomic E-state index is 11.3. The topological polar surface area (TPSA) is 67.3 Å². The van der Waals surface area contributed by atoms with Gasteiger partial charge in [-0.15, -0.1) is 0 Å². The van der Waals surface area contributed by atoms with Crippen molar-refractivity contribution in [3.63, 3.8) is 0 Å². The van der Waals surface area contributed by atoms with Crippen LogP contribution in [0.4, 0.5) is 0 Å². The lowest BCUT2D eigenvalue weighted by molar-refractivity contribution is 0.0983. The largest absolute Gasteiger partial charge is 0.515 e. The van der Waals surface area contributed by atoms with E-state index in [-0.39, 0.29) is 16.8 Å². The van der Waals surface area contributed by atoms with Gasteiger partial charge < -0.3 is 5.11 Å². The average molecular weight is 175 g/mol. The summed E-state index contributed by atoms with van der Waals surface area (Å²) in [5.41, 5.74) is 0.161. The quantitative estimate of drug-likeness (QED) is 0.361. The molecule has 0 fully saturated rings. The van der Waals surface area contributed by atoms with E-state index in [1.54, 1.807) is 6.07 Å². The van der Waals surface area contributed by atoms with Gasteiger partial charge in [0.25, 0.3) is 0 Å². The Labute approximate surface area is 73.5 Å². The molecule has 0 spiro atoms. The number of aliphatic hydroxyl groups is 1. The number of carbonyl (C=O) groups is 2. The first-order valence-corrected chi connectivity index (χ1v) is 3.64. The van der Waals surface area contributed by atoms with Gasteiger partial charge in [0.2, 0.25) is 11.6 Å². The van der Waals surface area contributed by atoms with Crippen LogP contribution in [0, 0.1) is 0 Å². The van der Waals surface area contributed by atoms with Crippen LogP contribution in [0.25, 0.3) is 0 Å². The Morgan fingerprint density at radius 2 is 2.08 bits per heavy atom. The summed E-state index contributed by atoms with van der Waals surface area (Å²) in [4.78, 5) is 26.4. The van der Waals surface area contributed by atoms with Crippen LogP contribution >= 0.6 is 0 Å². The maximum Gasteiger partial charge on any atom is 0.219 e. The maximum atomic E-state index is 11.3. The molecule has 4 nitrogen and oxygen atoms in total. The number of hydrogen-bond donors (Lipinski definition) is 1. The van der Waals surface area contributed by atoms with Gasteiger partial charge in [-0.25, -0.2) is 0 Å². The molecule has 0 radical (unpaired) electrons. The van der Waals surface area contributed by atoms with Crippen molar-refractivity contribution in [2.45, 2.75) is 0 Å². The monoisotopic (exact) mass is 175 g/mol. The molecular weight excluding hydrogens is 170 g/mol. The number of fused-ring (bicyclic) bond motifs is 1. The van der Waals surface area contributed by atoms with E-state index in [1.165, 1.54) is 12.3 Å². The Kier molecular flexibility index (Phi) is 1.48. The lowest BCUT2D eigenvalue weighted by Crippen LogP contribution is -2.00. The van der Waals surface area contributed by atoms with Crippen molar-refractivity contribution >= 4 is 11.6 Å². The van der Waals surface area contributed by atoms with Gasteiger partial charge >= 0.3 is 0 Å². The fourth-order valence-electron chi connectivity index (χ4n) is 1.26. The number of nitrogens with zero attached hydrogens (tertiary/aromatic N) is 1. The SMILES string of the molecule is O=C1C(=CO)C(=O)c2ncccc21. The Hall–Kier alpha value is -1.97. The third-order valence-electron chi connectivity index (χ3n) is 1.89. The van der Waals surface area contributed by atoms with Crippen molar-refractivity contribution in [1.82, 2.24) is 4.98 Å². The zero-order valence-corrected chi connectivity index (χ0v) is 6.52. The van der Waals surface area contributed by atoms with E-state index in [0.717, 1.165) is 0 Å². The number of aliphatic hydroxyl groups excluding tert-OH is 1. The molecule has 0 amide bonds. The van der Waals surface area contributed by atoms with Crippen LogP contribution in [0.3, 0.4) is 0 Å². The summed E-state index contributed by atoms with van der Waals surface area (Å²) in [6.07, 6.45) is 1.97. The molecule has 0 saturated carbocycles. The summed E-state index contributed by atoms with van der Waals surface area (Å²) in [6, 6.07) is 3.09. The highest BCUT2D eigenvalue weighted by atomic mass is 16.2. The fraction of sp³-hybridized carbons (Fsp3) is 0. The normalized spacial score (nSPS) is 18.0. The molecule has 1 aliphatic carbocycles. The highest BCUT2D eigenvalue weighted by molar-refractivity contribution is 6.38. The molecule has 1 aromatic heterocycles. The zero-order chi connectivity index (χ0) is 9.42. The number of hydrogen-bond acceptors (Lipinski definition) is 4. The highest BCUT2D eigenvalue weighted by Gasteiger charge is 2.34. The first-order valence-electron chi connectivity index (χ1n) is 3.64. The number of rotatable bonds is 0. The summed E-state index contributed by atoms with van der Waals surface area (Å²) in [5.74, 6) is -0.973. The molecule has 0 unspecified atom stereocenters. The molecular formula is C9H5NO3.